The van der Waals surface area contributed by atoms with Crippen molar-refractivity contribution in [2.24, 2.45) is 7.05 Å². The molecule has 0 aromatic carbocycles. The van der Waals surface area contributed by atoms with Crippen molar-refractivity contribution in [3.63, 3.8) is 0 Å². The molecule has 0 saturated carbocycles. The number of aryl methyl sites for hydroxylation is 3. The molecule has 3 aromatic rings. The van der Waals surface area contributed by atoms with Crippen molar-refractivity contribution in [1.29, 1.82) is 0 Å². The fraction of sp³-hybridized carbons (Fsp3) is 0.600. The van der Waals surface area contributed by atoms with E-state index in [4.69, 9.17) is 4.42 Å². The Labute approximate surface area is 178 Å². The van der Waals surface area contributed by atoms with Gasteiger partial charge in [-0.05, 0) is 12.8 Å². The molecule has 3 aromatic heterocycles. The number of rotatable bonds is 10. The molecule has 0 amide bonds. The van der Waals surface area contributed by atoms with Crippen molar-refractivity contribution < 1.29 is 4.42 Å². The summed E-state index contributed by atoms with van der Waals surface area (Å²) in [5, 5.41) is 8.77. The molecule has 0 fully saturated rings. The molecular weight excluding hydrogens is 404 g/mol. The highest BCUT2D eigenvalue weighted by molar-refractivity contribution is 7.98. The Morgan fingerprint density at radius 3 is 2.50 bits per heavy atom. The van der Waals surface area contributed by atoms with E-state index in [2.05, 4.69) is 27.1 Å². The van der Waals surface area contributed by atoms with Crippen LogP contribution in [0.4, 0.5) is 0 Å². The van der Waals surface area contributed by atoms with E-state index in [1.807, 2.05) is 6.92 Å². The van der Waals surface area contributed by atoms with Crippen LogP contribution in [0, 0.1) is 6.92 Å². The lowest BCUT2D eigenvalue weighted by atomic mass is 10.1. The summed E-state index contributed by atoms with van der Waals surface area (Å²) in [5.74, 6) is 1.99. The van der Waals surface area contributed by atoms with Gasteiger partial charge in [0.25, 0.3) is 5.56 Å². The molecule has 10 heteroatoms. The molecule has 0 N–H and O–H groups in total. The van der Waals surface area contributed by atoms with Crippen LogP contribution in [-0.2, 0) is 25.8 Å². The van der Waals surface area contributed by atoms with Gasteiger partial charge in [-0.25, -0.2) is 14.8 Å². The van der Waals surface area contributed by atoms with Crippen LogP contribution in [0.1, 0.15) is 63.6 Å². The van der Waals surface area contributed by atoms with Gasteiger partial charge in [0.2, 0.25) is 11.8 Å². The summed E-state index contributed by atoms with van der Waals surface area (Å²) in [7, 11) is 1.49. The van der Waals surface area contributed by atoms with E-state index in [-0.39, 0.29) is 11.2 Å². The molecule has 0 radical (unpaired) electrons. The third-order valence-electron chi connectivity index (χ3n) is 4.80. The van der Waals surface area contributed by atoms with Crippen molar-refractivity contribution in [2.75, 3.05) is 0 Å². The molecule has 0 aliphatic carbocycles. The Kier molecular flexibility index (Phi) is 7.41. The predicted octanol–water partition coefficient (Wildman–Crippen LogP) is 3.01. The van der Waals surface area contributed by atoms with Gasteiger partial charge in [0.1, 0.15) is 16.2 Å². The third kappa shape index (κ3) is 4.80. The maximum absolute atomic E-state index is 13.0. The Hall–Kier alpha value is -2.49. The lowest BCUT2D eigenvalue weighted by molar-refractivity contribution is 0.485. The first-order valence-corrected chi connectivity index (χ1v) is 11.4. The standard InChI is InChI=1S/C20H28N6O3S/c1-5-7-8-9-10-14-21-17-16(19(27)25(4)20(28)26(17)11-6-2)18(22-14)30-12-15-24-23-13(3)29-15/h5-12H2,1-4H3. The minimum absolute atomic E-state index is 0.353. The van der Waals surface area contributed by atoms with Crippen LogP contribution in [0.2, 0.25) is 0 Å². The summed E-state index contributed by atoms with van der Waals surface area (Å²) >= 11 is 1.35. The molecule has 0 bridgehead atoms. The maximum atomic E-state index is 13.0. The van der Waals surface area contributed by atoms with E-state index in [0.717, 1.165) is 36.7 Å². The summed E-state index contributed by atoms with van der Waals surface area (Å²) < 4.78 is 8.16. The Morgan fingerprint density at radius 1 is 1.03 bits per heavy atom. The van der Waals surface area contributed by atoms with E-state index in [0.29, 0.717) is 52.4 Å². The van der Waals surface area contributed by atoms with Gasteiger partial charge in [-0.2, -0.15) is 0 Å². The van der Waals surface area contributed by atoms with E-state index in [1.165, 1.54) is 18.8 Å². The van der Waals surface area contributed by atoms with Gasteiger partial charge >= 0.3 is 5.69 Å². The molecule has 3 heterocycles. The summed E-state index contributed by atoms with van der Waals surface area (Å²) in [6.45, 7) is 6.38. The predicted molar refractivity (Wildman–Crippen MR) is 116 cm³/mol. The smallest absolute Gasteiger partial charge is 0.332 e. The van der Waals surface area contributed by atoms with E-state index >= 15 is 0 Å². The van der Waals surface area contributed by atoms with Crippen LogP contribution < -0.4 is 11.2 Å². The van der Waals surface area contributed by atoms with Crippen LogP contribution in [-0.4, -0.2) is 29.3 Å². The molecule has 0 atom stereocenters. The van der Waals surface area contributed by atoms with Crippen LogP contribution in [0.5, 0.6) is 0 Å². The molecule has 0 unspecified atom stereocenters. The second-order valence-electron chi connectivity index (χ2n) is 7.26. The number of unbranched alkanes of at least 4 members (excludes halogenated alkanes) is 3. The van der Waals surface area contributed by atoms with E-state index in [9.17, 15) is 9.59 Å². The highest BCUT2D eigenvalue weighted by atomic mass is 32.2. The second-order valence-corrected chi connectivity index (χ2v) is 8.22. The zero-order valence-electron chi connectivity index (χ0n) is 18.0. The van der Waals surface area contributed by atoms with Gasteiger partial charge in [-0.3, -0.25) is 13.9 Å². The minimum Gasteiger partial charge on any atom is -0.425 e. The zero-order valence-corrected chi connectivity index (χ0v) is 18.8. The van der Waals surface area contributed by atoms with Crippen LogP contribution in [0.25, 0.3) is 11.0 Å². The molecule has 30 heavy (non-hydrogen) atoms. The lowest BCUT2D eigenvalue weighted by Crippen LogP contribution is -2.39. The van der Waals surface area contributed by atoms with Gasteiger partial charge in [-0.1, -0.05) is 44.9 Å². The number of thioether (sulfide) groups is 1. The van der Waals surface area contributed by atoms with Crippen molar-refractivity contribution in [3.8, 4) is 0 Å². The molecule has 0 saturated heterocycles. The number of fused-ring (bicyclic) bond motifs is 1. The number of hydrogen-bond donors (Lipinski definition) is 0. The highest BCUT2D eigenvalue weighted by Gasteiger charge is 2.19. The van der Waals surface area contributed by atoms with Crippen LogP contribution in [0.15, 0.2) is 19.0 Å². The van der Waals surface area contributed by atoms with E-state index in [1.54, 1.807) is 11.5 Å². The largest absolute Gasteiger partial charge is 0.425 e. The van der Waals surface area contributed by atoms with Gasteiger partial charge in [0.05, 0.1) is 5.75 Å². The molecule has 0 aliphatic rings. The first kappa shape index (κ1) is 22.2. The number of aromatic nitrogens is 6. The van der Waals surface area contributed by atoms with Gasteiger partial charge in [0, 0.05) is 26.9 Å². The fourth-order valence-corrected chi connectivity index (χ4v) is 4.13. The molecule has 0 spiro atoms. The minimum atomic E-state index is -0.385. The number of hydrogen-bond acceptors (Lipinski definition) is 8. The second kappa shape index (κ2) is 10.0. The Bertz CT molecular complexity index is 1130. The lowest BCUT2D eigenvalue weighted by Gasteiger charge is -2.13. The SMILES string of the molecule is CCCCCCc1nc(SCc2nnc(C)o2)c2c(=O)n(C)c(=O)n(CCC)c2n1. The van der Waals surface area contributed by atoms with Gasteiger partial charge < -0.3 is 4.42 Å². The zero-order chi connectivity index (χ0) is 21.7. The fourth-order valence-electron chi connectivity index (χ4n) is 3.26. The first-order chi connectivity index (χ1) is 14.5. The molecule has 9 nitrogen and oxygen atoms in total. The molecular formula is C20H28N6O3S. The van der Waals surface area contributed by atoms with Crippen molar-refractivity contribution in [3.05, 3.63) is 38.4 Å². The third-order valence-corrected chi connectivity index (χ3v) is 5.76. The average molecular weight is 433 g/mol. The first-order valence-electron chi connectivity index (χ1n) is 10.4. The summed E-state index contributed by atoms with van der Waals surface area (Å²) in [6.07, 6.45) is 5.84. The molecule has 162 valence electrons. The summed E-state index contributed by atoms with van der Waals surface area (Å²) in [4.78, 5) is 35.0. The summed E-state index contributed by atoms with van der Waals surface area (Å²) in [5.41, 5.74) is -0.327. The van der Waals surface area contributed by atoms with E-state index < -0.39 is 0 Å². The van der Waals surface area contributed by atoms with Gasteiger partial charge in [0.15, 0.2) is 5.65 Å². The maximum Gasteiger partial charge on any atom is 0.332 e. The Balaban J connectivity index is 2.09. The molecule has 3 rings (SSSR count). The van der Waals surface area contributed by atoms with Crippen molar-refractivity contribution >= 4 is 22.8 Å². The van der Waals surface area contributed by atoms with Crippen LogP contribution in [0.3, 0.4) is 0 Å². The van der Waals surface area contributed by atoms with Crippen LogP contribution >= 0.6 is 11.8 Å². The highest BCUT2D eigenvalue weighted by Crippen LogP contribution is 2.26. The topological polar surface area (TPSA) is 109 Å². The van der Waals surface area contributed by atoms with Crippen molar-refractivity contribution in [2.45, 2.75) is 76.6 Å². The molecule has 0 aliphatic heterocycles. The number of nitrogens with zero attached hydrogens (tertiary/aromatic N) is 6. The summed E-state index contributed by atoms with van der Waals surface area (Å²) in [6, 6.07) is 0. The average Bonchev–Trinajstić information content (AvgIpc) is 3.16. The van der Waals surface area contributed by atoms with Crippen molar-refractivity contribution in [1.82, 2.24) is 29.3 Å². The Morgan fingerprint density at radius 2 is 1.83 bits per heavy atom. The quantitative estimate of drug-likeness (QED) is 0.273. The monoisotopic (exact) mass is 432 g/mol. The van der Waals surface area contributed by atoms with Gasteiger partial charge in [-0.15, -0.1) is 10.2 Å². The normalized spacial score (nSPS) is 11.5.